The summed E-state index contributed by atoms with van der Waals surface area (Å²) >= 11 is 0. The van der Waals surface area contributed by atoms with Crippen LogP contribution in [0.2, 0.25) is 0 Å². The maximum atomic E-state index is 13.3. The van der Waals surface area contributed by atoms with Crippen LogP contribution in [0.15, 0.2) is 51.8 Å². The number of piperidine rings is 1. The second kappa shape index (κ2) is 8.76. The highest BCUT2D eigenvalue weighted by atomic mass is 32.2. The molecule has 1 aliphatic heterocycles. The average molecular weight is 446 g/mol. The van der Waals surface area contributed by atoms with Gasteiger partial charge >= 0.3 is 0 Å². The van der Waals surface area contributed by atoms with Gasteiger partial charge in [0, 0.05) is 13.1 Å². The Kier molecular flexibility index (Phi) is 6.06. The molecule has 0 radical (unpaired) electrons. The largest absolute Gasteiger partial charge is 0.495 e. The summed E-state index contributed by atoms with van der Waals surface area (Å²) in [5.41, 5.74) is 1.70. The van der Waals surface area contributed by atoms with Crippen molar-refractivity contribution in [2.45, 2.75) is 37.0 Å². The van der Waals surface area contributed by atoms with Crippen LogP contribution in [0, 0.1) is 12.7 Å². The molecule has 1 atom stereocenters. The predicted molar refractivity (Wildman–Crippen MR) is 112 cm³/mol. The number of benzene rings is 2. The number of aryl methyl sites for hydroxylation is 1. The van der Waals surface area contributed by atoms with Gasteiger partial charge in [-0.15, -0.1) is 10.2 Å². The fourth-order valence-electron chi connectivity index (χ4n) is 3.77. The molecule has 1 unspecified atom stereocenters. The third-order valence-corrected chi connectivity index (χ3v) is 7.31. The summed E-state index contributed by atoms with van der Waals surface area (Å²) in [6.45, 7) is 2.53. The molecule has 0 saturated carbocycles. The number of rotatable bonds is 6. The molecule has 7 nitrogen and oxygen atoms in total. The Balaban J connectivity index is 1.52. The number of nitrogens with zero attached hydrogens (tertiary/aromatic N) is 3. The van der Waals surface area contributed by atoms with Crippen LogP contribution in [-0.2, 0) is 16.4 Å². The molecular weight excluding hydrogens is 421 g/mol. The summed E-state index contributed by atoms with van der Waals surface area (Å²) in [5, 5.41) is 8.25. The Hall–Kier alpha value is -2.78. The zero-order chi connectivity index (χ0) is 22.0. The number of ether oxygens (including phenoxy) is 1. The first-order valence-electron chi connectivity index (χ1n) is 10.1. The topological polar surface area (TPSA) is 85.5 Å². The second-order valence-electron chi connectivity index (χ2n) is 7.69. The van der Waals surface area contributed by atoms with Gasteiger partial charge in [-0.1, -0.05) is 18.2 Å². The van der Waals surface area contributed by atoms with Gasteiger partial charge in [0.15, 0.2) is 0 Å². The van der Waals surface area contributed by atoms with E-state index in [1.807, 2.05) is 13.0 Å². The molecular formula is C22H24FN3O4S. The van der Waals surface area contributed by atoms with Crippen molar-refractivity contribution in [2.24, 2.45) is 0 Å². The number of hydrogen-bond donors (Lipinski definition) is 0. The Bertz CT molecular complexity index is 1160. The van der Waals surface area contributed by atoms with Gasteiger partial charge in [0.25, 0.3) is 0 Å². The van der Waals surface area contributed by atoms with Crippen molar-refractivity contribution < 1.29 is 22.0 Å². The highest BCUT2D eigenvalue weighted by molar-refractivity contribution is 7.89. The molecule has 0 amide bonds. The van der Waals surface area contributed by atoms with E-state index in [2.05, 4.69) is 10.2 Å². The van der Waals surface area contributed by atoms with Crippen molar-refractivity contribution in [1.29, 1.82) is 0 Å². The number of sulfonamides is 1. The van der Waals surface area contributed by atoms with Crippen molar-refractivity contribution in [3.05, 3.63) is 71.2 Å². The lowest BCUT2D eigenvalue weighted by Gasteiger charge is -2.30. The lowest BCUT2D eigenvalue weighted by molar-refractivity contribution is 0.280. The zero-order valence-electron chi connectivity index (χ0n) is 17.4. The van der Waals surface area contributed by atoms with Crippen LogP contribution in [-0.4, -0.2) is 43.1 Å². The molecule has 31 heavy (non-hydrogen) atoms. The molecule has 0 aliphatic carbocycles. The van der Waals surface area contributed by atoms with E-state index in [1.165, 1.54) is 23.5 Å². The standard InChI is InChI=1S/C22H24FN3O4S/c1-15-5-10-19(29-2)20(12-15)31(27,28)26-11-3-4-17(14-26)22-25-24-21(30-22)13-16-6-8-18(23)9-7-16/h5-10,12,17H,3-4,11,13-14H2,1-2H3. The third-order valence-electron chi connectivity index (χ3n) is 5.42. The first-order chi connectivity index (χ1) is 14.9. The van der Waals surface area contributed by atoms with Crippen LogP contribution in [0.1, 0.15) is 41.7 Å². The molecule has 3 aromatic rings. The fraction of sp³-hybridized carbons (Fsp3) is 0.364. The molecule has 4 rings (SSSR count). The van der Waals surface area contributed by atoms with Crippen LogP contribution in [0.3, 0.4) is 0 Å². The van der Waals surface area contributed by atoms with Crippen molar-refractivity contribution in [2.75, 3.05) is 20.2 Å². The van der Waals surface area contributed by atoms with E-state index in [0.717, 1.165) is 17.5 Å². The Morgan fingerprint density at radius 1 is 1.19 bits per heavy atom. The van der Waals surface area contributed by atoms with E-state index in [1.54, 1.807) is 24.3 Å². The normalized spacial score (nSPS) is 17.6. The summed E-state index contributed by atoms with van der Waals surface area (Å²) in [7, 11) is -2.27. The van der Waals surface area contributed by atoms with Crippen LogP contribution >= 0.6 is 0 Å². The van der Waals surface area contributed by atoms with Crippen LogP contribution in [0.4, 0.5) is 4.39 Å². The minimum atomic E-state index is -3.73. The quantitative estimate of drug-likeness (QED) is 0.575. The van der Waals surface area contributed by atoms with E-state index in [9.17, 15) is 12.8 Å². The first kappa shape index (κ1) is 21.5. The average Bonchev–Trinajstić information content (AvgIpc) is 3.24. The maximum absolute atomic E-state index is 13.3. The predicted octanol–water partition coefficient (Wildman–Crippen LogP) is 3.68. The molecule has 1 aliphatic rings. The molecule has 0 bridgehead atoms. The van der Waals surface area contributed by atoms with E-state index in [0.29, 0.717) is 36.9 Å². The van der Waals surface area contributed by atoms with Gasteiger partial charge in [-0.2, -0.15) is 4.31 Å². The summed E-state index contributed by atoms with van der Waals surface area (Å²) < 4.78 is 52.3. The molecule has 1 aromatic heterocycles. The van der Waals surface area contributed by atoms with E-state index in [-0.39, 0.29) is 23.2 Å². The SMILES string of the molecule is COc1ccc(C)cc1S(=O)(=O)N1CCCC(c2nnc(Cc3ccc(F)cc3)o2)C1. The van der Waals surface area contributed by atoms with E-state index >= 15 is 0 Å². The smallest absolute Gasteiger partial charge is 0.246 e. The number of hydrogen-bond acceptors (Lipinski definition) is 6. The molecule has 1 fully saturated rings. The van der Waals surface area contributed by atoms with Gasteiger partial charge in [-0.3, -0.25) is 0 Å². The Labute approximate surface area is 180 Å². The van der Waals surface area contributed by atoms with Gasteiger partial charge in [-0.05, 0) is 55.2 Å². The Morgan fingerprint density at radius 2 is 1.97 bits per heavy atom. The molecule has 164 valence electrons. The minimum Gasteiger partial charge on any atom is -0.495 e. The molecule has 2 heterocycles. The fourth-order valence-corrected chi connectivity index (χ4v) is 5.53. The van der Waals surface area contributed by atoms with Crippen LogP contribution < -0.4 is 4.74 Å². The van der Waals surface area contributed by atoms with Gasteiger partial charge in [0.2, 0.25) is 21.8 Å². The van der Waals surface area contributed by atoms with Gasteiger partial charge in [-0.25, -0.2) is 12.8 Å². The highest BCUT2D eigenvalue weighted by Crippen LogP contribution is 2.33. The van der Waals surface area contributed by atoms with Crippen molar-refractivity contribution in [3.63, 3.8) is 0 Å². The third kappa shape index (κ3) is 4.62. The number of halogens is 1. The molecule has 0 spiro atoms. The minimum absolute atomic E-state index is 0.165. The lowest BCUT2D eigenvalue weighted by atomic mass is 10.00. The van der Waals surface area contributed by atoms with Crippen molar-refractivity contribution in [3.8, 4) is 5.75 Å². The van der Waals surface area contributed by atoms with Gasteiger partial charge in [0.05, 0.1) is 19.4 Å². The van der Waals surface area contributed by atoms with Crippen molar-refractivity contribution in [1.82, 2.24) is 14.5 Å². The zero-order valence-corrected chi connectivity index (χ0v) is 18.2. The van der Waals surface area contributed by atoms with Crippen molar-refractivity contribution >= 4 is 10.0 Å². The highest BCUT2D eigenvalue weighted by Gasteiger charge is 2.34. The molecule has 2 aromatic carbocycles. The summed E-state index contributed by atoms with van der Waals surface area (Å²) in [5.74, 6) is 0.680. The molecule has 9 heteroatoms. The van der Waals surface area contributed by atoms with E-state index < -0.39 is 10.0 Å². The summed E-state index contributed by atoms with van der Waals surface area (Å²) in [6.07, 6.45) is 1.84. The van der Waals surface area contributed by atoms with Crippen LogP contribution in [0.25, 0.3) is 0 Å². The lowest BCUT2D eigenvalue weighted by Crippen LogP contribution is -2.39. The first-order valence-corrected chi connectivity index (χ1v) is 11.5. The number of methoxy groups -OCH3 is 1. The maximum Gasteiger partial charge on any atom is 0.246 e. The molecule has 1 saturated heterocycles. The monoisotopic (exact) mass is 445 g/mol. The Morgan fingerprint density at radius 3 is 2.71 bits per heavy atom. The van der Waals surface area contributed by atoms with Crippen LogP contribution in [0.5, 0.6) is 5.75 Å². The summed E-state index contributed by atoms with van der Waals surface area (Å²) in [4.78, 5) is 0.165. The van der Waals surface area contributed by atoms with E-state index in [4.69, 9.17) is 9.15 Å². The summed E-state index contributed by atoms with van der Waals surface area (Å²) in [6, 6.07) is 11.2. The molecule has 0 N–H and O–H groups in total. The van der Waals surface area contributed by atoms with Gasteiger partial charge < -0.3 is 9.15 Å². The second-order valence-corrected chi connectivity index (χ2v) is 9.60. The van der Waals surface area contributed by atoms with Gasteiger partial charge in [0.1, 0.15) is 16.5 Å². The number of aromatic nitrogens is 2.